The Bertz CT molecular complexity index is 1010. The van der Waals surface area contributed by atoms with Crippen LogP contribution in [0.5, 0.6) is 0 Å². The van der Waals surface area contributed by atoms with Crippen molar-refractivity contribution in [2.24, 2.45) is 0 Å². The monoisotopic (exact) mass is 420 g/mol. The number of piperidine rings is 1. The van der Waals surface area contributed by atoms with Crippen LogP contribution in [0.1, 0.15) is 41.3 Å². The van der Waals surface area contributed by atoms with E-state index in [9.17, 15) is 10.1 Å². The normalized spacial score (nSPS) is 23.7. The molecule has 3 aliphatic rings. The maximum absolute atomic E-state index is 12.7. The number of benzene rings is 1. The number of ether oxygens (including phenoxy) is 1. The summed E-state index contributed by atoms with van der Waals surface area (Å²) in [6.45, 7) is 2.61. The maximum atomic E-state index is 12.7. The van der Waals surface area contributed by atoms with E-state index in [4.69, 9.17) is 4.74 Å². The molecule has 0 spiro atoms. The van der Waals surface area contributed by atoms with Crippen LogP contribution in [-0.2, 0) is 17.7 Å². The Labute approximate surface area is 180 Å². The first-order valence-corrected chi connectivity index (χ1v) is 11.6. The van der Waals surface area contributed by atoms with Crippen LogP contribution in [0.2, 0.25) is 0 Å². The molecule has 30 heavy (non-hydrogen) atoms. The number of carbonyl (C=O) groups excluding carboxylic acids is 1. The quantitative estimate of drug-likeness (QED) is 0.702. The highest BCUT2D eigenvalue weighted by atomic mass is 32.2. The Kier molecular flexibility index (Phi) is 5.13. The van der Waals surface area contributed by atoms with E-state index in [0.717, 1.165) is 49.6 Å². The first-order valence-electron chi connectivity index (χ1n) is 10.4. The van der Waals surface area contributed by atoms with E-state index in [1.165, 1.54) is 22.9 Å². The molecule has 0 unspecified atom stereocenters. The zero-order chi connectivity index (χ0) is 20.7. The molecule has 0 N–H and O–H groups in total. The van der Waals surface area contributed by atoms with Crippen molar-refractivity contribution in [2.45, 2.75) is 49.0 Å². The van der Waals surface area contributed by atoms with Crippen LogP contribution in [0.4, 0.5) is 4.79 Å². The van der Waals surface area contributed by atoms with E-state index in [-0.39, 0.29) is 24.3 Å². The van der Waals surface area contributed by atoms with Gasteiger partial charge in [0.2, 0.25) is 0 Å². The van der Waals surface area contributed by atoms with Crippen molar-refractivity contribution in [3.8, 4) is 6.07 Å². The van der Waals surface area contributed by atoms with Crippen LogP contribution in [0.25, 0.3) is 0 Å². The maximum Gasteiger partial charge on any atom is 0.411 e. The third-order valence-electron chi connectivity index (χ3n) is 6.48. The molecule has 0 saturated carbocycles. The fourth-order valence-electron chi connectivity index (χ4n) is 5.04. The Balaban J connectivity index is 1.25. The minimum absolute atomic E-state index is 0.0410. The van der Waals surface area contributed by atoms with Gasteiger partial charge in [-0.25, -0.2) is 9.78 Å². The topological polar surface area (TPSA) is 69.5 Å². The lowest BCUT2D eigenvalue weighted by Crippen LogP contribution is -2.46. The molecule has 2 atom stereocenters. The highest BCUT2D eigenvalue weighted by molar-refractivity contribution is 7.98. The number of amides is 1. The second-order valence-electron chi connectivity index (χ2n) is 8.16. The lowest BCUT2D eigenvalue weighted by atomic mass is 9.99. The molecule has 6 nitrogen and oxygen atoms in total. The predicted molar refractivity (Wildman–Crippen MR) is 114 cm³/mol. The Hall–Kier alpha value is -2.56. The molecule has 3 heterocycles. The lowest BCUT2D eigenvalue weighted by Gasteiger charge is -2.37. The number of hydrogen-bond donors (Lipinski definition) is 0. The van der Waals surface area contributed by atoms with E-state index in [1.807, 2.05) is 23.3 Å². The predicted octanol–water partition coefficient (Wildman–Crippen LogP) is 3.76. The molecule has 0 bridgehead atoms. The Morgan fingerprint density at radius 3 is 2.80 bits per heavy atom. The van der Waals surface area contributed by atoms with E-state index < -0.39 is 0 Å². The molecular weight excluding hydrogens is 396 g/mol. The third-order valence-corrected chi connectivity index (χ3v) is 7.18. The van der Waals surface area contributed by atoms with E-state index in [1.54, 1.807) is 0 Å². The highest BCUT2D eigenvalue weighted by Gasteiger charge is 2.50. The van der Waals surface area contributed by atoms with Gasteiger partial charge in [-0.2, -0.15) is 5.26 Å². The molecule has 1 aromatic heterocycles. The largest absolute Gasteiger partial charge is 0.443 e. The van der Waals surface area contributed by atoms with Gasteiger partial charge in [-0.15, -0.1) is 11.8 Å². The molecule has 2 saturated heterocycles. The van der Waals surface area contributed by atoms with Gasteiger partial charge in [0.05, 0.1) is 17.3 Å². The second-order valence-corrected chi connectivity index (χ2v) is 8.95. The Morgan fingerprint density at radius 1 is 1.23 bits per heavy atom. The summed E-state index contributed by atoms with van der Waals surface area (Å²) in [5.41, 5.74) is 4.17. The average Bonchev–Trinajstić information content (AvgIpc) is 3.28. The van der Waals surface area contributed by atoms with Gasteiger partial charge in [-0.3, -0.25) is 9.80 Å². The van der Waals surface area contributed by atoms with Gasteiger partial charge in [0, 0.05) is 32.1 Å². The van der Waals surface area contributed by atoms with Crippen molar-refractivity contribution < 1.29 is 9.53 Å². The smallest absolute Gasteiger partial charge is 0.411 e. The number of fused-ring (bicyclic) bond motifs is 3. The van der Waals surface area contributed by atoms with Crippen molar-refractivity contribution in [1.82, 2.24) is 14.8 Å². The number of aromatic nitrogens is 1. The summed E-state index contributed by atoms with van der Waals surface area (Å²) in [7, 11) is 0. The van der Waals surface area contributed by atoms with Crippen molar-refractivity contribution >= 4 is 17.9 Å². The van der Waals surface area contributed by atoms with Crippen LogP contribution in [-0.4, -0.2) is 52.4 Å². The summed E-state index contributed by atoms with van der Waals surface area (Å²) in [6.07, 6.45) is 4.45. The van der Waals surface area contributed by atoms with Crippen LogP contribution >= 0.6 is 11.8 Å². The van der Waals surface area contributed by atoms with E-state index in [0.29, 0.717) is 5.56 Å². The third kappa shape index (κ3) is 3.34. The molecular formula is C23H24N4O2S. The summed E-state index contributed by atoms with van der Waals surface area (Å²) in [6, 6.07) is 14.7. The summed E-state index contributed by atoms with van der Waals surface area (Å²) in [5, 5.41) is 9.97. The molecule has 1 aromatic carbocycles. The van der Waals surface area contributed by atoms with Crippen LogP contribution in [0.3, 0.4) is 0 Å². The van der Waals surface area contributed by atoms with Gasteiger partial charge in [0.25, 0.3) is 0 Å². The van der Waals surface area contributed by atoms with Gasteiger partial charge in [0.15, 0.2) is 0 Å². The molecule has 2 fully saturated rings. The molecule has 7 heteroatoms. The average molecular weight is 421 g/mol. The number of rotatable bonds is 4. The second kappa shape index (κ2) is 7.93. The van der Waals surface area contributed by atoms with Crippen LogP contribution < -0.4 is 0 Å². The molecule has 154 valence electrons. The zero-order valence-electron chi connectivity index (χ0n) is 17.0. The Morgan fingerprint density at radius 2 is 2.03 bits per heavy atom. The van der Waals surface area contributed by atoms with Gasteiger partial charge >= 0.3 is 6.09 Å². The van der Waals surface area contributed by atoms with Crippen molar-refractivity contribution in [1.29, 1.82) is 5.26 Å². The summed E-state index contributed by atoms with van der Waals surface area (Å²) < 4.78 is 5.74. The molecule has 2 aliphatic heterocycles. The molecule has 1 aliphatic carbocycles. The number of thioether (sulfide) groups is 1. The minimum Gasteiger partial charge on any atom is -0.443 e. The first-order chi connectivity index (χ1) is 14.7. The van der Waals surface area contributed by atoms with Gasteiger partial charge < -0.3 is 4.74 Å². The SMILES string of the molecule is CSc1nc(CN2CCC(N3C(=O)O[C@H]4Cc5ccccc5[C@H]43)CC2)ccc1C#N. The minimum atomic E-state index is -0.156. The summed E-state index contributed by atoms with van der Waals surface area (Å²) in [4.78, 5) is 21.7. The van der Waals surface area contributed by atoms with Crippen molar-refractivity contribution in [3.05, 3.63) is 58.8 Å². The van der Waals surface area contributed by atoms with Crippen molar-refractivity contribution in [2.75, 3.05) is 19.3 Å². The summed E-state index contributed by atoms with van der Waals surface area (Å²) in [5.74, 6) is 0. The number of hydrogen-bond acceptors (Lipinski definition) is 6. The standard InChI is InChI=1S/C23H24N4O2S/c1-30-22-16(13-24)6-7-17(25-22)14-26-10-8-18(9-11-26)27-21-19-5-3-2-4-15(19)12-20(21)29-23(27)28/h2-7,18,20-21H,8-12,14H2,1H3/t20-,21+/m0/s1. The number of likely N-dealkylation sites (tertiary alicyclic amines) is 1. The fraction of sp³-hybridized carbons (Fsp3) is 0.435. The van der Waals surface area contributed by atoms with E-state index in [2.05, 4.69) is 40.2 Å². The first kappa shape index (κ1) is 19.4. The van der Waals surface area contributed by atoms with E-state index >= 15 is 0 Å². The molecule has 5 rings (SSSR count). The number of nitriles is 1. The molecule has 0 radical (unpaired) electrons. The van der Waals surface area contributed by atoms with Crippen LogP contribution in [0.15, 0.2) is 41.4 Å². The van der Waals surface area contributed by atoms with Gasteiger partial charge in [-0.05, 0) is 42.4 Å². The number of pyridine rings is 1. The van der Waals surface area contributed by atoms with Crippen LogP contribution in [0, 0.1) is 11.3 Å². The highest BCUT2D eigenvalue weighted by Crippen LogP contribution is 2.44. The lowest BCUT2D eigenvalue weighted by molar-refractivity contribution is 0.103. The van der Waals surface area contributed by atoms with Gasteiger partial charge in [0.1, 0.15) is 17.2 Å². The molecule has 2 aromatic rings. The van der Waals surface area contributed by atoms with Gasteiger partial charge in [-0.1, -0.05) is 24.3 Å². The van der Waals surface area contributed by atoms with Crippen molar-refractivity contribution in [3.63, 3.8) is 0 Å². The molecule has 1 amide bonds. The zero-order valence-corrected chi connectivity index (χ0v) is 17.8. The summed E-state index contributed by atoms with van der Waals surface area (Å²) >= 11 is 1.51. The number of nitrogens with zero attached hydrogens (tertiary/aromatic N) is 4. The number of carbonyl (C=O) groups is 1. The fourth-order valence-corrected chi connectivity index (χ4v) is 5.59.